The molecule has 0 fully saturated rings. The van der Waals surface area contributed by atoms with Gasteiger partial charge in [0.05, 0.1) is 0 Å². The Balaban J connectivity index is 2.16. The molecule has 0 spiro atoms. The quantitative estimate of drug-likeness (QED) is 0.764. The number of unbranched alkanes of at least 4 members (excludes halogenated alkanes) is 3. The molecule has 114 valence electrons. The van der Waals surface area contributed by atoms with Crippen LogP contribution in [0.3, 0.4) is 0 Å². The zero-order valence-corrected chi connectivity index (χ0v) is 12.9. The lowest BCUT2D eigenvalue weighted by Gasteiger charge is -2.05. The van der Waals surface area contributed by atoms with Crippen LogP contribution in [-0.2, 0) is 6.42 Å². The van der Waals surface area contributed by atoms with Crippen LogP contribution in [0.5, 0.6) is 0 Å². The Morgan fingerprint density at radius 3 is 2.71 bits per heavy atom. The number of carbonyl (C=O) groups is 1. The first-order chi connectivity index (χ1) is 10.1. The van der Waals surface area contributed by atoms with E-state index >= 15 is 0 Å². The average Bonchev–Trinajstić information content (AvgIpc) is 3.12. The van der Waals surface area contributed by atoms with Crippen molar-refractivity contribution in [2.45, 2.75) is 58.8 Å². The van der Waals surface area contributed by atoms with E-state index in [0.717, 1.165) is 18.7 Å². The van der Waals surface area contributed by atoms with Crippen molar-refractivity contribution in [3.63, 3.8) is 0 Å². The lowest BCUT2D eigenvalue weighted by molar-refractivity contribution is 0.237. The first-order valence-corrected chi connectivity index (χ1v) is 7.48. The summed E-state index contributed by atoms with van der Waals surface area (Å²) < 4.78 is 2.51. The van der Waals surface area contributed by atoms with Crippen LogP contribution in [0.2, 0.25) is 0 Å². The minimum atomic E-state index is -0.344. The van der Waals surface area contributed by atoms with Gasteiger partial charge in [0.15, 0.2) is 5.82 Å². The maximum Gasteiger partial charge on any atom is 0.372 e. The van der Waals surface area contributed by atoms with Crippen molar-refractivity contribution in [2.24, 2.45) is 0 Å². The second-order valence-electron chi connectivity index (χ2n) is 5.39. The number of hydrogen-bond donors (Lipinski definition) is 0. The molecule has 0 aliphatic rings. The summed E-state index contributed by atoms with van der Waals surface area (Å²) >= 11 is 0. The van der Waals surface area contributed by atoms with E-state index in [0.29, 0.717) is 5.82 Å². The lowest BCUT2D eigenvalue weighted by Crippen LogP contribution is -2.23. The number of aryl methyl sites for hydroxylation is 1. The molecule has 0 unspecified atom stereocenters. The van der Waals surface area contributed by atoms with Crippen LogP contribution in [0.4, 0.5) is 4.79 Å². The van der Waals surface area contributed by atoms with E-state index in [1.165, 1.54) is 41.3 Å². The Morgan fingerprint density at radius 1 is 1.29 bits per heavy atom. The van der Waals surface area contributed by atoms with E-state index in [2.05, 4.69) is 27.1 Å². The van der Waals surface area contributed by atoms with Crippen LogP contribution in [0.25, 0.3) is 0 Å². The molecule has 0 aliphatic carbocycles. The Bertz CT molecular complexity index is 572. The van der Waals surface area contributed by atoms with E-state index in [9.17, 15) is 4.79 Å². The zero-order valence-electron chi connectivity index (χ0n) is 12.9. The second-order valence-corrected chi connectivity index (χ2v) is 5.39. The summed E-state index contributed by atoms with van der Waals surface area (Å²) in [6, 6.07) is -0.344. The number of rotatable bonds is 6. The zero-order chi connectivity index (χ0) is 15.2. The molecule has 7 nitrogen and oxygen atoms in total. The predicted molar refractivity (Wildman–Crippen MR) is 78.2 cm³/mol. The Labute approximate surface area is 124 Å². The van der Waals surface area contributed by atoms with Gasteiger partial charge in [-0.15, -0.1) is 5.10 Å². The van der Waals surface area contributed by atoms with Crippen molar-refractivity contribution in [2.75, 3.05) is 0 Å². The van der Waals surface area contributed by atoms with Gasteiger partial charge in [0.1, 0.15) is 18.5 Å². The molecule has 2 heterocycles. The summed E-state index contributed by atoms with van der Waals surface area (Å²) in [5, 5.41) is 8.21. The van der Waals surface area contributed by atoms with Gasteiger partial charge in [0.25, 0.3) is 0 Å². The van der Waals surface area contributed by atoms with Gasteiger partial charge in [-0.3, -0.25) is 0 Å². The van der Waals surface area contributed by atoms with E-state index in [-0.39, 0.29) is 11.9 Å². The van der Waals surface area contributed by atoms with Crippen LogP contribution in [0.15, 0.2) is 12.7 Å². The van der Waals surface area contributed by atoms with Crippen molar-refractivity contribution in [1.82, 2.24) is 29.5 Å². The minimum Gasteiger partial charge on any atom is -0.243 e. The minimum absolute atomic E-state index is 0.120. The van der Waals surface area contributed by atoms with Gasteiger partial charge in [-0.05, 0) is 6.42 Å². The Morgan fingerprint density at radius 2 is 2.10 bits per heavy atom. The van der Waals surface area contributed by atoms with Gasteiger partial charge >= 0.3 is 6.03 Å². The van der Waals surface area contributed by atoms with E-state index in [1.807, 2.05) is 13.8 Å². The maximum atomic E-state index is 12.3. The number of aromatic nitrogens is 6. The van der Waals surface area contributed by atoms with Crippen LogP contribution in [-0.4, -0.2) is 35.6 Å². The van der Waals surface area contributed by atoms with Gasteiger partial charge in [-0.1, -0.05) is 40.0 Å². The highest BCUT2D eigenvalue weighted by atomic mass is 16.2. The fourth-order valence-electron chi connectivity index (χ4n) is 2.10. The maximum absolute atomic E-state index is 12.3. The van der Waals surface area contributed by atoms with E-state index in [1.54, 1.807) is 0 Å². The SMILES string of the molecule is CCCCCCc1nc(C(C)C)n(C(=O)n2cncn2)n1. The molecule has 21 heavy (non-hydrogen) atoms. The van der Waals surface area contributed by atoms with Gasteiger partial charge in [0, 0.05) is 12.3 Å². The third-order valence-corrected chi connectivity index (χ3v) is 3.24. The van der Waals surface area contributed by atoms with Gasteiger partial charge in [-0.25, -0.2) is 14.8 Å². The highest BCUT2D eigenvalue weighted by Gasteiger charge is 2.20. The van der Waals surface area contributed by atoms with E-state index < -0.39 is 0 Å². The third kappa shape index (κ3) is 3.74. The molecule has 0 N–H and O–H groups in total. The largest absolute Gasteiger partial charge is 0.372 e. The van der Waals surface area contributed by atoms with Gasteiger partial charge in [0.2, 0.25) is 0 Å². The number of carbonyl (C=O) groups excluding carboxylic acids is 1. The lowest BCUT2D eigenvalue weighted by atomic mass is 10.1. The molecule has 0 saturated heterocycles. The molecular formula is C14H22N6O. The predicted octanol–water partition coefficient (Wildman–Crippen LogP) is 2.63. The summed E-state index contributed by atoms with van der Waals surface area (Å²) in [5.41, 5.74) is 0. The molecule has 0 saturated carbocycles. The molecule has 2 aromatic rings. The Kier molecular flexibility index (Phi) is 5.19. The number of hydrogen-bond acceptors (Lipinski definition) is 5. The van der Waals surface area contributed by atoms with Crippen molar-refractivity contribution in [3.05, 3.63) is 24.3 Å². The monoisotopic (exact) mass is 290 g/mol. The van der Waals surface area contributed by atoms with Crippen molar-refractivity contribution < 1.29 is 4.79 Å². The van der Waals surface area contributed by atoms with Crippen LogP contribution >= 0.6 is 0 Å². The number of nitrogens with zero attached hydrogens (tertiary/aromatic N) is 6. The molecule has 0 aliphatic heterocycles. The highest BCUT2D eigenvalue weighted by Crippen LogP contribution is 2.14. The molecule has 2 rings (SSSR count). The summed E-state index contributed by atoms with van der Waals surface area (Å²) in [4.78, 5) is 20.6. The second kappa shape index (κ2) is 7.10. The van der Waals surface area contributed by atoms with Crippen molar-refractivity contribution in [1.29, 1.82) is 0 Å². The topological polar surface area (TPSA) is 78.5 Å². The van der Waals surface area contributed by atoms with Crippen LogP contribution < -0.4 is 0 Å². The smallest absolute Gasteiger partial charge is 0.243 e. The summed E-state index contributed by atoms with van der Waals surface area (Å²) in [7, 11) is 0. The van der Waals surface area contributed by atoms with E-state index in [4.69, 9.17) is 0 Å². The standard InChI is InChI=1S/C14H22N6O/c1-4-5-6-7-8-12-17-13(11(2)3)20(18-12)14(21)19-10-15-9-16-19/h9-11H,4-8H2,1-3H3. The molecule has 2 aromatic heterocycles. The molecule has 0 aromatic carbocycles. The summed E-state index contributed by atoms with van der Waals surface area (Å²) in [6.07, 6.45) is 8.13. The highest BCUT2D eigenvalue weighted by molar-refractivity contribution is 5.77. The van der Waals surface area contributed by atoms with Crippen molar-refractivity contribution >= 4 is 6.03 Å². The molecule has 0 amide bonds. The fourth-order valence-corrected chi connectivity index (χ4v) is 2.10. The van der Waals surface area contributed by atoms with Crippen LogP contribution in [0, 0.1) is 0 Å². The molecular weight excluding hydrogens is 268 g/mol. The molecule has 7 heteroatoms. The van der Waals surface area contributed by atoms with Crippen molar-refractivity contribution in [3.8, 4) is 0 Å². The first-order valence-electron chi connectivity index (χ1n) is 7.48. The molecule has 0 radical (unpaired) electrons. The third-order valence-electron chi connectivity index (χ3n) is 3.24. The van der Waals surface area contributed by atoms with Gasteiger partial charge < -0.3 is 0 Å². The fraction of sp³-hybridized carbons (Fsp3) is 0.643. The summed E-state index contributed by atoms with van der Waals surface area (Å²) in [5.74, 6) is 1.51. The normalized spacial score (nSPS) is 11.2. The Hall–Kier alpha value is -2.05. The van der Waals surface area contributed by atoms with Crippen LogP contribution in [0.1, 0.15) is 64.0 Å². The summed E-state index contributed by atoms with van der Waals surface area (Å²) in [6.45, 7) is 6.17. The molecule has 0 bridgehead atoms. The van der Waals surface area contributed by atoms with Gasteiger partial charge in [-0.2, -0.15) is 14.5 Å². The molecule has 0 atom stereocenters. The average molecular weight is 290 g/mol. The first kappa shape index (κ1) is 15.3.